The van der Waals surface area contributed by atoms with Crippen LogP contribution in [0.2, 0.25) is 0 Å². The van der Waals surface area contributed by atoms with Crippen molar-refractivity contribution in [3.8, 4) is 0 Å². The molecule has 0 aliphatic carbocycles. The predicted octanol–water partition coefficient (Wildman–Crippen LogP) is 4.09. The van der Waals surface area contributed by atoms with Crippen LogP contribution in [0.1, 0.15) is 30.0 Å². The molecule has 2 aromatic rings. The van der Waals surface area contributed by atoms with Crippen LogP contribution < -0.4 is 10.6 Å². The van der Waals surface area contributed by atoms with Gasteiger partial charge in [-0.2, -0.15) is 11.8 Å². The van der Waals surface area contributed by atoms with Gasteiger partial charge in [0.15, 0.2) is 11.6 Å². The van der Waals surface area contributed by atoms with E-state index in [1.54, 1.807) is 24.0 Å². The molecule has 0 bridgehead atoms. The molecule has 29 heavy (non-hydrogen) atoms. The van der Waals surface area contributed by atoms with Crippen molar-refractivity contribution >= 4 is 42.5 Å². The lowest BCUT2D eigenvalue weighted by Gasteiger charge is -2.33. The number of aromatic nitrogens is 1. The first-order chi connectivity index (χ1) is 13.1. The lowest BCUT2D eigenvalue weighted by atomic mass is 9.86. The number of benzene rings is 1. The Kier molecular flexibility index (Phi) is 11.5. The molecule has 0 spiro atoms. The zero-order valence-corrected chi connectivity index (χ0v) is 18.2. The Bertz CT molecular complexity index is 771. The molecule has 1 fully saturated rings. The minimum absolute atomic E-state index is 0. The van der Waals surface area contributed by atoms with E-state index in [9.17, 15) is 13.6 Å². The number of hydrogen-bond acceptors (Lipinski definition) is 4. The largest absolute Gasteiger partial charge is 0.351 e. The number of piperidine rings is 1. The Morgan fingerprint density at radius 3 is 2.76 bits per heavy atom. The standard InChI is InChI=1S/C20H23F2N3OS.2ClH/c21-17-5-4-14(11-18(17)22)16-6-9-23-12-19(16)25-20(26)7-10-27-13-15-3-1-2-8-24-15;;/h1-5,8,11,16,19,23H,6-7,9-10,12-13H2,(H,25,26);2*1H. The van der Waals surface area contributed by atoms with Crippen molar-refractivity contribution in [3.63, 3.8) is 0 Å². The van der Waals surface area contributed by atoms with Crippen molar-refractivity contribution < 1.29 is 13.6 Å². The van der Waals surface area contributed by atoms with Crippen molar-refractivity contribution in [1.82, 2.24) is 15.6 Å². The Morgan fingerprint density at radius 1 is 1.21 bits per heavy atom. The van der Waals surface area contributed by atoms with E-state index in [-0.39, 0.29) is 42.7 Å². The van der Waals surface area contributed by atoms with Gasteiger partial charge in [0.05, 0.1) is 5.69 Å². The number of thioether (sulfide) groups is 1. The second-order valence-corrected chi connectivity index (χ2v) is 7.68. The number of nitrogens with zero attached hydrogens (tertiary/aromatic N) is 1. The number of carbonyl (C=O) groups excluding carboxylic acids is 1. The van der Waals surface area contributed by atoms with Crippen LogP contribution in [0.25, 0.3) is 0 Å². The summed E-state index contributed by atoms with van der Waals surface area (Å²) in [5.74, 6) is -0.258. The molecule has 2 unspecified atom stereocenters. The lowest BCUT2D eigenvalue weighted by molar-refractivity contribution is -0.121. The van der Waals surface area contributed by atoms with Crippen molar-refractivity contribution in [2.24, 2.45) is 0 Å². The summed E-state index contributed by atoms with van der Waals surface area (Å²) in [6, 6.07) is 9.67. The molecule has 0 radical (unpaired) electrons. The maximum atomic E-state index is 13.6. The third-order valence-electron chi connectivity index (χ3n) is 4.65. The number of nitrogens with one attached hydrogen (secondary N) is 2. The quantitative estimate of drug-likeness (QED) is 0.607. The maximum Gasteiger partial charge on any atom is 0.221 e. The summed E-state index contributed by atoms with van der Waals surface area (Å²) in [5, 5.41) is 6.31. The van der Waals surface area contributed by atoms with Gasteiger partial charge < -0.3 is 10.6 Å². The summed E-state index contributed by atoms with van der Waals surface area (Å²) in [5.41, 5.74) is 1.73. The van der Waals surface area contributed by atoms with Gasteiger partial charge in [0.2, 0.25) is 5.91 Å². The highest BCUT2D eigenvalue weighted by molar-refractivity contribution is 7.98. The molecule has 1 aromatic heterocycles. The second-order valence-electron chi connectivity index (χ2n) is 6.57. The summed E-state index contributed by atoms with van der Waals surface area (Å²) in [6.07, 6.45) is 2.94. The molecule has 3 rings (SSSR count). The molecule has 160 valence electrons. The molecule has 4 nitrogen and oxygen atoms in total. The zero-order chi connectivity index (χ0) is 19.1. The van der Waals surface area contributed by atoms with Crippen LogP contribution in [0.3, 0.4) is 0 Å². The van der Waals surface area contributed by atoms with E-state index in [1.807, 2.05) is 18.2 Å². The van der Waals surface area contributed by atoms with E-state index in [2.05, 4.69) is 15.6 Å². The van der Waals surface area contributed by atoms with Gasteiger partial charge in [-0.25, -0.2) is 8.78 Å². The van der Waals surface area contributed by atoms with E-state index >= 15 is 0 Å². The van der Waals surface area contributed by atoms with E-state index in [4.69, 9.17) is 0 Å². The average Bonchev–Trinajstić information content (AvgIpc) is 2.69. The molecular formula is C20H25Cl2F2N3OS. The molecule has 0 saturated carbocycles. The molecule has 1 aliphatic heterocycles. The number of carbonyl (C=O) groups is 1. The molecule has 2 heterocycles. The topological polar surface area (TPSA) is 54.0 Å². The summed E-state index contributed by atoms with van der Waals surface area (Å²) >= 11 is 1.67. The van der Waals surface area contributed by atoms with E-state index in [0.29, 0.717) is 18.7 Å². The second kappa shape index (κ2) is 13.0. The van der Waals surface area contributed by atoms with Gasteiger partial charge in [-0.15, -0.1) is 24.8 Å². The predicted molar refractivity (Wildman–Crippen MR) is 118 cm³/mol. The SMILES string of the molecule is Cl.Cl.O=C(CCSCc1ccccn1)NC1CNCCC1c1ccc(F)c(F)c1. The van der Waals surface area contributed by atoms with Crippen LogP contribution in [0.5, 0.6) is 0 Å². The number of rotatable bonds is 7. The Balaban J connectivity index is 0.00000210. The Morgan fingerprint density at radius 2 is 2.03 bits per heavy atom. The van der Waals surface area contributed by atoms with Gasteiger partial charge in [-0.05, 0) is 42.8 Å². The first-order valence-corrected chi connectivity index (χ1v) is 10.2. The monoisotopic (exact) mass is 463 g/mol. The summed E-state index contributed by atoms with van der Waals surface area (Å²) < 4.78 is 26.8. The molecule has 1 amide bonds. The number of amides is 1. The van der Waals surface area contributed by atoms with Gasteiger partial charge in [0.1, 0.15) is 0 Å². The van der Waals surface area contributed by atoms with Crippen molar-refractivity contribution in [1.29, 1.82) is 0 Å². The van der Waals surface area contributed by atoms with Gasteiger partial charge in [0.25, 0.3) is 0 Å². The average molecular weight is 464 g/mol. The minimum Gasteiger partial charge on any atom is -0.351 e. The van der Waals surface area contributed by atoms with E-state index in [1.165, 1.54) is 6.07 Å². The fraction of sp³-hybridized carbons (Fsp3) is 0.400. The molecular weight excluding hydrogens is 439 g/mol. The van der Waals surface area contributed by atoms with Crippen molar-refractivity contribution in [3.05, 3.63) is 65.5 Å². The Hall–Kier alpha value is -1.41. The van der Waals surface area contributed by atoms with Gasteiger partial charge in [0, 0.05) is 42.6 Å². The third-order valence-corrected chi connectivity index (χ3v) is 5.64. The van der Waals surface area contributed by atoms with Crippen LogP contribution in [0.4, 0.5) is 8.78 Å². The molecule has 1 aliphatic rings. The normalized spacial score (nSPS) is 18.3. The third kappa shape index (κ3) is 7.74. The van der Waals surface area contributed by atoms with Crippen molar-refractivity contribution in [2.45, 2.75) is 30.6 Å². The highest BCUT2D eigenvalue weighted by Gasteiger charge is 2.28. The minimum atomic E-state index is -0.849. The summed E-state index contributed by atoms with van der Waals surface area (Å²) in [4.78, 5) is 16.6. The van der Waals surface area contributed by atoms with Crippen LogP contribution in [-0.4, -0.2) is 35.8 Å². The van der Waals surface area contributed by atoms with Crippen LogP contribution in [-0.2, 0) is 10.5 Å². The highest BCUT2D eigenvalue weighted by atomic mass is 35.5. The van der Waals surface area contributed by atoms with Crippen LogP contribution in [0.15, 0.2) is 42.6 Å². The summed E-state index contributed by atoms with van der Waals surface area (Å²) in [7, 11) is 0. The Labute approximate surface area is 186 Å². The summed E-state index contributed by atoms with van der Waals surface area (Å²) in [6.45, 7) is 1.41. The fourth-order valence-electron chi connectivity index (χ4n) is 3.26. The fourth-order valence-corrected chi connectivity index (χ4v) is 4.11. The van der Waals surface area contributed by atoms with E-state index < -0.39 is 11.6 Å². The first kappa shape index (κ1) is 25.6. The molecule has 1 aromatic carbocycles. The molecule has 1 saturated heterocycles. The molecule has 9 heteroatoms. The maximum absolute atomic E-state index is 13.6. The first-order valence-electron chi connectivity index (χ1n) is 9.06. The zero-order valence-electron chi connectivity index (χ0n) is 15.8. The lowest BCUT2D eigenvalue weighted by Crippen LogP contribution is -2.50. The smallest absolute Gasteiger partial charge is 0.221 e. The van der Waals surface area contributed by atoms with Crippen LogP contribution >= 0.6 is 36.6 Å². The number of pyridine rings is 1. The van der Waals surface area contributed by atoms with Gasteiger partial charge >= 0.3 is 0 Å². The van der Waals surface area contributed by atoms with Crippen LogP contribution in [0, 0.1) is 11.6 Å². The van der Waals surface area contributed by atoms with Crippen molar-refractivity contribution in [2.75, 3.05) is 18.8 Å². The molecule has 2 atom stereocenters. The van der Waals surface area contributed by atoms with E-state index in [0.717, 1.165) is 36.0 Å². The van der Waals surface area contributed by atoms with Gasteiger partial charge in [-0.1, -0.05) is 12.1 Å². The number of hydrogen-bond donors (Lipinski definition) is 2. The van der Waals surface area contributed by atoms with Gasteiger partial charge in [-0.3, -0.25) is 9.78 Å². The number of halogens is 4. The highest BCUT2D eigenvalue weighted by Crippen LogP contribution is 2.27. The molecule has 2 N–H and O–H groups in total.